The van der Waals surface area contributed by atoms with Gasteiger partial charge in [0.25, 0.3) is 0 Å². The van der Waals surface area contributed by atoms with Crippen molar-refractivity contribution in [1.29, 1.82) is 0 Å². The van der Waals surface area contributed by atoms with Gasteiger partial charge >= 0.3 is 0 Å². The van der Waals surface area contributed by atoms with E-state index in [9.17, 15) is 9.59 Å². The Kier molecular flexibility index (Phi) is 6.86. The molecule has 2 rings (SSSR count). The second-order valence-electron chi connectivity index (χ2n) is 6.17. The van der Waals surface area contributed by atoms with E-state index in [1.54, 1.807) is 18.2 Å². The lowest BCUT2D eigenvalue weighted by molar-refractivity contribution is -0.122. The number of benzene rings is 1. The molecule has 2 unspecified atom stereocenters. The maximum Gasteiger partial charge on any atom is 0.229 e. The van der Waals surface area contributed by atoms with Crippen LogP contribution in [0.15, 0.2) is 18.2 Å². The fourth-order valence-electron chi connectivity index (χ4n) is 2.91. The molecule has 0 heterocycles. The third-order valence-electron chi connectivity index (χ3n) is 4.12. The minimum Gasteiger partial charge on any atom is -0.326 e. The Morgan fingerprint density at radius 1 is 1.30 bits per heavy atom. The van der Waals surface area contributed by atoms with Crippen LogP contribution in [0.5, 0.6) is 0 Å². The van der Waals surface area contributed by atoms with E-state index in [1.165, 1.54) is 6.92 Å². The molecule has 0 aromatic heterocycles. The highest BCUT2D eigenvalue weighted by molar-refractivity contribution is 6.33. The maximum absolute atomic E-state index is 12.5. The van der Waals surface area contributed by atoms with Crippen LogP contribution in [0.25, 0.3) is 0 Å². The van der Waals surface area contributed by atoms with Crippen LogP contribution in [0.2, 0.25) is 5.02 Å². The molecule has 1 aliphatic carbocycles. The molecule has 1 aromatic carbocycles. The third-order valence-corrected chi connectivity index (χ3v) is 4.44. The third kappa shape index (κ3) is 5.09. The van der Waals surface area contributed by atoms with E-state index in [-0.39, 0.29) is 30.1 Å². The van der Waals surface area contributed by atoms with Crippen LogP contribution in [0, 0.1) is 5.92 Å². The monoisotopic (exact) mass is 359 g/mol. The highest BCUT2D eigenvalue weighted by Crippen LogP contribution is 2.33. The molecule has 1 saturated carbocycles. The molecule has 128 valence electrons. The van der Waals surface area contributed by atoms with E-state index in [1.807, 2.05) is 6.92 Å². The first-order valence-corrected chi connectivity index (χ1v) is 7.84. The molecule has 1 aromatic rings. The summed E-state index contributed by atoms with van der Waals surface area (Å²) in [4.78, 5) is 23.6. The predicted octanol–water partition coefficient (Wildman–Crippen LogP) is 3.57. The lowest BCUT2D eigenvalue weighted by Crippen LogP contribution is -2.51. The molecule has 1 fully saturated rings. The summed E-state index contributed by atoms with van der Waals surface area (Å²) in [6.07, 6.45) is 3.67. The van der Waals surface area contributed by atoms with E-state index >= 15 is 0 Å². The van der Waals surface area contributed by atoms with E-state index in [0.29, 0.717) is 16.4 Å². The number of carbonyl (C=O) groups excluding carboxylic acids is 2. The Labute approximate surface area is 147 Å². The van der Waals surface area contributed by atoms with Gasteiger partial charge in [-0.15, -0.1) is 12.4 Å². The highest BCUT2D eigenvalue weighted by Gasteiger charge is 2.37. The lowest BCUT2D eigenvalue weighted by Gasteiger charge is -2.37. The summed E-state index contributed by atoms with van der Waals surface area (Å²) < 4.78 is 0. The number of hydrogen-bond acceptors (Lipinski definition) is 3. The summed E-state index contributed by atoms with van der Waals surface area (Å²) in [6.45, 7) is 3.35. The van der Waals surface area contributed by atoms with Gasteiger partial charge in [-0.1, -0.05) is 24.4 Å². The summed E-state index contributed by atoms with van der Waals surface area (Å²) in [7, 11) is 0. The van der Waals surface area contributed by atoms with Crippen molar-refractivity contribution < 1.29 is 9.59 Å². The Balaban J connectivity index is 0.00000264. The summed E-state index contributed by atoms with van der Waals surface area (Å²) in [5.74, 6) is -0.533. The van der Waals surface area contributed by atoms with Crippen molar-refractivity contribution in [3.63, 3.8) is 0 Å². The normalized spacial score (nSPS) is 23.6. The molecule has 23 heavy (non-hydrogen) atoms. The topological polar surface area (TPSA) is 84.2 Å². The van der Waals surface area contributed by atoms with E-state index in [2.05, 4.69) is 10.6 Å². The first-order valence-electron chi connectivity index (χ1n) is 7.46. The number of hydrogen-bond donors (Lipinski definition) is 3. The molecule has 0 radical (unpaired) electrons. The minimum atomic E-state index is -0.496. The second kappa shape index (κ2) is 7.99. The quantitative estimate of drug-likeness (QED) is 0.771. The predicted molar refractivity (Wildman–Crippen MR) is 96.2 cm³/mol. The van der Waals surface area contributed by atoms with Crippen LogP contribution in [0.4, 0.5) is 11.4 Å². The smallest absolute Gasteiger partial charge is 0.229 e. The lowest BCUT2D eigenvalue weighted by atomic mass is 9.74. The van der Waals surface area contributed by atoms with Crippen molar-refractivity contribution in [3.05, 3.63) is 23.2 Å². The molecular formula is C16H23Cl2N3O2. The van der Waals surface area contributed by atoms with Gasteiger partial charge in [0.1, 0.15) is 0 Å². The number of nitrogens with one attached hydrogen (secondary N) is 2. The van der Waals surface area contributed by atoms with Gasteiger partial charge in [0.15, 0.2) is 0 Å². The van der Waals surface area contributed by atoms with Crippen molar-refractivity contribution in [2.75, 3.05) is 10.6 Å². The zero-order valence-electron chi connectivity index (χ0n) is 13.3. The zero-order valence-corrected chi connectivity index (χ0v) is 14.9. The Morgan fingerprint density at radius 3 is 2.61 bits per heavy atom. The Hall–Kier alpha value is -1.30. The minimum absolute atomic E-state index is 0. The van der Waals surface area contributed by atoms with Crippen LogP contribution in [0.1, 0.15) is 39.5 Å². The average molecular weight is 360 g/mol. The van der Waals surface area contributed by atoms with Crippen LogP contribution in [0.3, 0.4) is 0 Å². The van der Waals surface area contributed by atoms with Crippen LogP contribution >= 0.6 is 24.0 Å². The molecule has 2 amide bonds. The SMILES string of the molecule is CC(=O)Nc1ccc(Cl)c(NC(=O)C2CCCCC2(C)N)c1.Cl. The number of rotatable bonds is 3. The molecule has 0 saturated heterocycles. The van der Waals surface area contributed by atoms with E-state index < -0.39 is 5.54 Å². The molecule has 0 spiro atoms. The summed E-state index contributed by atoms with van der Waals surface area (Å²) in [6, 6.07) is 4.98. The van der Waals surface area contributed by atoms with Gasteiger partial charge in [-0.25, -0.2) is 0 Å². The average Bonchev–Trinajstić information content (AvgIpc) is 2.41. The molecule has 1 aliphatic rings. The fourth-order valence-corrected chi connectivity index (χ4v) is 3.08. The highest BCUT2D eigenvalue weighted by atomic mass is 35.5. The van der Waals surface area contributed by atoms with Gasteiger partial charge in [0.05, 0.1) is 16.6 Å². The number of carbonyl (C=O) groups is 2. The van der Waals surface area contributed by atoms with Crippen molar-refractivity contribution in [2.24, 2.45) is 11.7 Å². The Morgan fingerprint density at radius 2 is 2.00 bits per heavy atom. The van der Waals surface area contributed by atoms with E-state index in [0.717, 1.165) is 25.7 Å². The summed E-state index contributed by atoms with van der Waals surface area (Å²) >= 11 is 6.13. The molecule has 7 heteroatoms. The first-order chi connectivity index (χ1) is 10.3. The van der Waals surface area contributed by atoms with Gasteiger partial charge in [0.2, 0.25) is 11.8 Å². The second-order valence-corrected chi connectivity index (χ2v) is 6.58. The maximum atomic E-state index is 12.5. The van der Waals surface area contributed by atoms with Gasteiger partial charge in [-0.2, -0.15) is 0 Å². The van der Waals surface area contributed by atoms with E-state index in [4.69, 9.17) is 17.3 Å². The van der Waals surface area contributed by atoms with Gasteiger partial charge in [-0.05, 0) is 38.0 Å². The summed E-state index contributed by atoms with van der Waals surface area (Å²) in [5.41, 5.74) is 6.84. The molecular weight excluding hydrogens is 337 g/mol. The van der Waals surface area contributed by atoms with Crippen LogP contribution in [-0.4, -0.2) is 17.4 Å². The number of nitrogens with two attached hydrogens (primary N) is 1. The van der Waals surface area contributed by atoms with Crippen molar-refractivity contribution in [2.45, 2.75) is 45.1 Å². The molecule has 0 aliphatic heterocycles. The molecule has 5 nitrogen and oxygen atoms in total. The fraction of sp³-hybridized carbons (Fsp3) is 0.500. The molecule has 0 bridgehead atoms. The summed E-state index contributed by atoms with van der Waals surface area (Å²) in [5, 5.41) is 5.94. The first kappa shape index (κ1) is 19.7. The van der Waals surface area contributed by atoms with Gasteiger partial charge in [-0.3, -0.25) is 9.59 Å². The Bertz CT molecular complexity index is 591. The number of anilines is 2. The standard InChI is InChI=1S/C16H22ClN3O2.ClH/c1-10(21)19-11-6-7-13(17)14(9-11)20-15(22)12-5-3-4-8-16(12,2)18;/h6-7,9,12H,3-5,8,18H2,1-2H3,(H,19,21)(H,20,22);1H. The van der Waals surface area contributed by atoms with Crippen molar-refractivity contribution in [3.8, 4) is 0 Å². The van der Waals surface area contributed by atoms with Gasteiger partial charge in [0, 0.05) is 18.2 Å². The van der Waals surface area contributed by atoms with Crippen LogP contribution < -0.4 is 16.4 Å². The zero-order chi connectivity index (χ0) is 16.3. The van der Waals surface area contributed by atoms with Crippen molar-refractivity contribution in [1.82, 2.24) is 0 Å². The largest absolute Gasteiger partial charge is 0.326 e. The van der Waals surface area contributed by atoms with Crippen molar-refractivity contribution >= 4 is 47.2 Å². The van der Waals surface area contributed by atoms with Crippen LogP contribution in [-0.2, 0) is 9.59 Å². The number of amides is 2. The molecule has 2 atom stereocenters. The number of halogens is 2. The van der Waals surface area contributed by atoms with Gasteiger partial charge < -0.3 is 16.4 Å². The molecule has 4 N–H and O–H groups in total.